The Balaban J connectivity index is 1.86. The molecule has 1 heterocycles. The van der Waals surface area contributed by atoms with Crippen LogP contribution in [0.1, 0.15) is 17.3 Å². The van der Waals surface area contributed by atoms with Crippen LogP contribution in [0.5, 0.6) is 17.2 Å². The largest absolute Gasteiger partial charge is 0.488 e. The molecule has 9 nitrogen and oxygen atoms in total. The highest BCUT2D eigenvalue weighted by Gasteiger charge is 2.17. The summed E-state index contributed by atoms with van der Waals surface area (Å²) < 4.78 is 28.0. The molecular weight excluding hydrogens is 443 g/mol. The van der Waals surface area contributed by atoms with Crippen molar-refractivity contribution >= 4 is 35.3 Å². The quantitative estimate of drug-likeness (QED) is 0.411. The van der Waals surface area contributed by atoms with Crippen molar-refractivity contribution in [3.63, 3.8) is 0 Å². The molecule has 1 aromatic heterocycles. The van der Waals surface area contributed by atoms with E-state index in [4.69, 9.17) is 14.2 Å². The third-order valence-electron chi connectivity index (χ3n) is 3.94. The number of hydrogen-bond donors (Lipinski definition) is 3. The smallest absolute Gasteiger partial charge is 0.356 e. The first-order valence-corrected chi connectivity index (χ1v) is 11.6. The fourth-order valence-corrected chi connectivity index (χ4v) is 3.69. The molecule has 1 amide bonds. The third kappa shape index (κ3) is 6.61. The van der Waals surface area contributed by atoms with Crippen LogP contribution in [-0.2, 0) is 9.30 Å². The van der Waals surface area contributed by atoms with E-state index in [0.717, 1.165) is 0 Å². The van der Waals surface area contributed by atoms with Crippen LogP contribution >= 0.6 is 18.9 Å². The first-order valence-electron chi connectivity index (χ1n) is 9.10. The zero-order chi connectivity index (χ0) is 22.4. The number of aromatic nitrogens is 1. The lowest BCUT2D eigenvalue weighted by Gasteiger charge is -2.16. The number of hydrogen-bond acceptors (Lipinski definition) is 7. The molecule has 0 saturated carbocycles. The van der Waals surface area contributed by atoms with Crippen molar-refractivity contribution in [1.82, 2.24) is 4.98 Å². The average Bonchev–Trinajstić information content (AvgIpc) is 3.20. The van der Waals surface area contributed by atoms with E-state index < -0.39 is 7.60 Å². The Hall–Kier alpha value is -2.75. The summed E-state index contributed by atoms with van der Waals surface area (Å²) in [6.45, 7) is 2.18. The number of thiazole rings is 1. The first-order chi connectivity index (χ1) is 14.7. The van der Waals surface area contributed by atoms with Gasteiger partial charge in [-0.3, -0.25) is 14.7 Å². The highest BCUT2D eigenvalue weighted by Crippen LogP contribution is 2.34. The minimum atomic E-state index is -4.35. The van der Waals surface area contributed by atoms with Gasteiger partial charge in [0.05, 0.1) is 11.9 Å². The van der Waals surface area contributed by atoms with Crippen molar-refractivity contribution in [3.8, 4) is 17.2 Å². The van der Waals surface area contributed by atoms with Crippen LogP contribution in [0.2, 0.25) is 0 Å². The number of methoxy groups -OCH3 is 1. The Labute approximate surface area is 182 Å². The summed E-state index contributed by atoms with van der Waals surface area (Å²) in [6, 6.07) is 10.2. The van der Waals surface area contributed by atoms with Crippen molar-refractivity contribution < 1.29 is 33.4 Å². The molecule has 0 spiro atoms. The van der Waals surface area contributed by atoms with Crippen LogP contribution in [0, 0.1) is 0 Å². The molecule has 1 atom stereocenters. The molecule has 3 rings (SSSR count). The van der Waals surface area contributed by atoms with Gasteiger partial charge in [-0.05, 0) is 43.3 Å². The van der Waals surface area contributed by atoms with E-state index in [1.165, 1.54) is 41.7 Å². The molecule has 0 unspecified atom stereocenters. The lowest BCUT2D eigenvalue weighted by molar-refractivity contribution is 0.0916. The van der Waals surface area contributed by atoms with Gasteiger partial charge in [-0.2, -0.15) is 0 Å². The van der Waals surface area contributed by atoms with E-state index >= 15 is 0 Å². The molecule has 0 bridgehead atoms. The van der Waals surface area contributed by atoms with Crippen LogP contribution < -0.4 is 20.1 Å². The molecule has 3 aromatic rings. The van der Waals surface area contributed by atoms with Gasteiger partial charge in [0.15, 0.2) is 5.13 Å². The average molecular weight is 464 g/mol. The minimum Gasteiger partial charge on any atom is -0.488 e. The van der Waals surface area contributed by atoms with Gasteiger partial charge >= 0.3 is 7.60 Å². The van der Waals surface area contributed by atoms with Crippen molar-refractivity contribution in [1.29, 1.82) is 0 Å². The topological polar surface area (TPSA) is 127 Å². The van der Waals surface area contributed by atoms with Gasteiger partial charge in [-0.25, -0.2) is 4.98 Å². The van der Waals surface area contributed by atoms with Gasteiger partial charge in [0.2, 0.25) is 0 Å². The molecule has 0 radical (unpaired) electrons. The molecule has 0 fully saturated rings. The number of carbonyl (C=O) groups excluding carboxylic acids is 1. The molecule has 3 N–H and O–H groups in total. The van der Waals surface area contributed by atoms with Crippen molar-refractivity contribution in [2.75, 3.05) is 19.0 Å². The summed E-state index contributed by atoms with van der Waals surface area (Å²) in [5.74, 6) is 0.667. The summed E-state index contributed by atoms with van der Waals surface area (Å²) >= 11 is 1.29. The molecule has 31 heavy (non-hydrogen) atoms. The number of nitrogens with one attached hydrogen (secondary N) is 1. The van der Waals surface area contributed by atoms with Crippen LogP contribution in [0.4, 0.5) is 5.13 Å². The monoisotopic (exact) mass is 464 g/mol. The van der Waals surface area contributed by atoms with Crippen molar-refractivity contribution in [3.05, 3.63) is 59.6 Å². The third-order valence-corrected chi connectivity index (χ3v) is 5.60. The molecule has 2 aromatic carbocycles. The van der Waals surface area contributed by atoms with Gasteiger partial charge in [-0.1, -0.05) is 0 Å². The fourth-order valence-electron chi connectivity index (χ4n) is 2.63. The Morgan fingerprint density at radius 2 is 1.87 bits per heavy atom. The van der Waals surface area contributed by atoms with E-state index in [0.29, 0.717) is 34.6 Å². The molecule has 0 aliphatic rings. The number of rotatable bonds is 9. The highest BCUT2D eigenvalue weighted by molar-refractivity contribution is 7.60. The molecule has 0 saturated heterocycles. The van der Waals surface area contributed by atoms with Crippen LogP contribution in [0.25, 0.3) is 0 Å². The second-order valence-corrected chi connectivity index (χ2v) is 9.01. The van der Waals surface area contributed by atoms with Crippen LogP contribution in [-0.4, -0.2) is 40.5 Å². The van der Waals surface area contributed by atoms with E-state index in [1.807, 2.05) is 6.92 Å². The zero-order valence-electron chi connectivity index (χ0n) is 16.7. The van der Waals surface area contributed by atoms with Crippen LogP contribution in [0.3, 0.4) is 0 Å². The zero-order valence-corrected chi connectivity index (χ0v) is 18.4. The van der Waals surface area contributed by atoms with Gasteiger partial charge in [0.25, 0.3) is 5.91 Å². The standard InChI is InChI=1S/C20H21N2O7PS/c1-13(12-27-2)28-16-9-14(19(23)22-20-21-7-8-31-20)10-17(11-16)29-15-3-5-18(6-4-15)30(24,25)26/h3-11,13H,12H2,1-2H3,(H,21,22,23)(H2,24,25,26)/t13-/m0/s1. The van der Waals surface area contributed by atoms with Crippen molar-refractivity contribution in [2.24, 2.45) is 0 Å². The lowest BCUT2D eigenvalue weighted by atomic mass is 10.2. The second kappa shape index (κ2) is 10.0. The second-order valence-electron chi connectivity index (χ2n) is 6.51. The number of ether oxygens (including phenoxy) is 3. The summed E-state index contributed by atoms with van der Waals surface area (Å²) in [5.41, 5.74) is 0.291. The molecule has 0 aliphatic heterocycles. The summed E-state index contributed by atoms with van der Waals surface area (Å²) in [4.78, 5) is 35.2. The van der Waals surface area contributed by atoms with E-state index in [1.54, 1.807) is 30.8 Å². The van der Waals surface area contributed by atoms with Gasteiger partial charge in [0, 0.05) is 30.3 Å². The maximum Gasteiger partial charge on any atom is 0.356 e. The summed E-state index contributed by atoms with van der Waals surface area (Å²) in [6.07, 6.45) is 1.32. The van der Waals surface area contributed by atoms with E-state index in [9.17, 15) is 19.1 Å². The molecular formula is C20H21N2O7PS. The Morgan fingerprint density at radius 3 is 2.48 bits per heavy atom. The van der Waals surface area contributed by atoms with E-state index in [-0.39, 0.29) is 17.3 Å². The Morgan fingerprint density at radius 1 is 1.16 bits per heavy atom. The minimum absolute atomic E-state index is 0.117. The normalized spacial score (nSPS) is 12.3. The number of carbonyl (C=O) groups is 1. The molecule has 11 heteroatoms. The number of anilines is 1. The number of amides is 1. The van der Waals surface area contributed by atoms with E-state index in [2.05, 4.69) is 10.3 Å². The predicted octanol–water partition coefficient (Wildman–Crippen LogP) is 3.40. The summed E-state index contributed by atoms with van der Waals surface area (Å²) in [5, 5.41) is 4.79. The first kappa shape index (κ1) is 22.9. The molecule has 164 valence electrons. The number of benzene rings is 2. The predicted molar refractivity (Wildman–Crippen MR) is 117 cm³/mol. The van der Waals surface area contributed by atoms with Gasteiger partial charge in [-0.15, -0.1) is 11.3 Å². The SMILES string of the molecule is COC[C@H](C)Oc1cc(Oc2ccc(P(=O)(O)O)cc2)cc(C(=O)Nc2nccs2)c1. The maximum atomic E-state index is 12.7. The number of nitrogens with zero attached hydrogens (tertiary/aromatic N) is 1. The Kier molecular flexibility index (Phi) is 7.42. The fraction of sp³-hybridized carbons (Fsp3) is 0.200. The van der Waals surface area contributed by atoms with Crippen LogP contribution in [0.15, 0.2) is 54.0 Å². The van der Waals surface area contributed by atoms with Gasteiger partial charge in [0.1, 0.15) is 23.4 Å². The lowest BCUT2D eigenvalue weighted by Crippen LogP contribution is -2.18. The highest BCUT2D eigenvalue weighted by atomic mass is 32.1. The van der Waals surface area contributed by atoms with Gasteiger partial charge < -0.3 is 24.0 Å². The Bertz CT molecular complexity index is 1070. The maximum absolute atomic E-state index is 12.7. The molecule has 0 aliphatic carbocycles. The summed E-state index contributed by atoms with van der Waals surface area (Å²) in [7, 11) is -2.78. The van der Waals surface area contributed by atoms with Crippen molar-refractivity contribution in [2.45, 2.75) is 13.0 Å².